The Kier molecular flexibility index (Phi) is 5.13. The number of piperidine rings is 1. The van der Waals surface area contributed by atoms with Crippen LogP contribution < -0.4 is 14.4 Å². The quantitative estimate of drug-likeness (QED) is 0.885. The number of hydrogen-bond donors (Lipinski definition) is 1. The van der Waals surface area contributed by atoms with Gasteiger partial charge in [-0.1, -0.05) is 0 Å². The molecule has 1 aliphatic heterocycles. The third-order valence-electron chi connectivity index (χ3n) is 4.38. The lowest BCUT2D eigenvalue weighted by atomic mass is 10.1. The fourth-order valence-electron chi connectivity index (χ4n) is 3.03. The first-order chi connectivity index (χ1) is 12.0. The molecule has 7 heteroatoms. The highest BCUT2D eigenvalue weighted by atomic mass is 32.2. The first kappa shape index (κ1) is 17.5. The summed E-state index contributed by atoms with van der Waals surface area (Å²) in [6.45, 7) is 3.79. The van der Waals surface area contributed by atoms with Gasteiger partial charge in [-0.05, 0) is 62.1 Å². The Morgan fingerprint density at radius 1 is 1.12 bits per heavy atom. The van der Waals surface area contributed by atoms with Gasteiger partial charge in [0.25, 0.3) is 10.0 Å². The van der Waals surface area contributed by atoms with Gasteiger partial charge >= 0.3 is 0 Å². The van der Waals surface area contributed by atoms with Crippen LogP contribution in [0.25, 0.3) is 0 Å². The summed E-state index contributed by atoms with van der Waals surface area (Å²) in [5.41, 5.74) is 1.65. The van der Waals surface area contributed by atoms with E-state index >= 15 is 0 Å². The maximum Gasteiger partial charge on any atom is 0.263 e. The summed E-state index contributed by atoms with van der Waals surface area (Å²) in [7, 11) is -2.14. The van der Waals surface area contributed by atoms with Crippen LogP contribution in [0.4, 0.5) is 11.5 Å². The molecule has 3 rings (SSSR count). The molecule has 1 saturated heterocycles. The van der Waals surface area contributed by atoms with E-state index < -0.39 is 10.0 Å². The van der Waals surface area contributed by atoms with Crippen molar-refractivity contribution < 1.29 is 13.2 Å². The molecule has 1 fully saturated rings. The number of anilines is 2. The van der Waals surface area contributed by atoms with Gasteiger partial charge in [-0.2, -0.15) is 0 Å². The predicted octanol–water partition coefficient (Wildman–Crippen LogP) is 3.19. The van der Waals surface area contributed by atoms with E-state index in [0.717, 1.165) is 18.8 Å². The molecule has 0 atom stereocenters. The Morgan fingerprint density at radius 3 is 2.48 bits per heavy atom. The lowest BCUT2D eigenvalue weighted by molar-refractivity contribution is 0.414. The Morgan fingerprint density at radius 2 is 1.88 bits per heavy atom. The second-order valence-electron chi connectivity index (χ2n) is 6.19. The van der Waals surface area contributed by atoms with Gasteiger partial charge < -0.3 is 9.64 Å². The molecule has 0 radical (unpaired) electrons. The normalized spacial score (nSPS) is 15.0. The van der Waals surface area contributed by atoms with Crippen molar-refractivity contribution >= 4 is 21.5 Å². The van der Waals surface area contributed by atoms with Crippen molar-refractivity contribution in [1.82, 2.24) is 4.98 Å². The number of nitrogens with zero attached hydrogens (tertiary/aromatic N) is 2. The minimum absolute atomic E-state index is 0.218. The molecule has 0 bridgehead atoms. The monoisotopic (exact) mass is 361 g/mol. The smallest absolute Gasteiger partial charge is 0.263 e. The first-order valence-electron chi connectivity index (χ1n) is 8.38. The van der Waals surface area contributed by atoms with E-state index in [-0.39, 0.29) is 4.90 Å². The Hall–Kier alpha value is -2.28. The van der Waals surface area contributed by atoms with Crippen LogP contribution in [0.15, 0.2) is 41.4 Å². The highest BCUT2D eigenvalue weighted by molar-refractivity contribution is 7.92. The summed E-state index contributed by atoms with van der Waals surface area (Å²) in [4.78, 5) is 6.77. The number of pyridine rings is 1. The minimum atomic E-state index is -3.69. The van der Waals surface area contributed by atoms with E-state index in [9.17, 15) is 8.42 Å². The summed E-state index contributed by atoms with van der Waals surface area (Å²) in [6, 6.07) is 8.49. The number of rotatable bonds is 5. The van der Waals surface area contributed by atoms with Gasteiger partial charge in [0.05, 0.1) is 23.9 Å². The first-order valence-corrected chi connectivity index (χ1v) is 9.86. The number of methoxy groups -OCH3 is 1. The van der Waals surface area contributed by atoms with Gasteiger partial charge in [0.15, 0.2) is 0 Å². The van der Waals surface area contributed by atoms with Crippen molar-refractivity contribution in [2.24, 2.45) is 0 Å². The standard InChI is InChI=1S/C18H23N3O3S/c1-14-12-16(24-2)7-8-17(14)25(22,23)20-18-9-6-15(13-19-18)21-10-4-3-5-11-21/h6-9,12-13H,3-5,10-11H2,1-2H3,(H,19,20). The molecule has 0 saturated carbocycles. The molecule has 6 nitrogen and oxygen atoms in total. The van der Waals surface area contributed by atoms with E-state index in [1.165, 1.54) is 19.3 Å². The number of aryl methyl sites for hydroxylation is 1. The Bertz CT molecular complexity index is 829. The molecule has 2 heterocycles. The molecule has 1 N–H and O–H groups in total. The molecule has 1 aliphatic rings. The van der Waals surface area contributed by atoms with Crippen LogP contribution in [0.1, 0.15) is 24.8 Å². The zero-order valence-electron chi connectivity index (χ0n) is 14.5. The molecule has 0 amide bonds. The largest absolute Gasteiger partial charge is 0.497 e. The number of nitrogens with one attached hydrogen (secondary N) is 1. The van der Waals surface area contributed by atoms with E-state index in [2.05, 4.69) is 14.6 Å². The van der Waals surface area contributed by atoms with Crippen LogP contribution in [0.5, 0.6) is 5.75 Å². The zero-order valence-corrected chi connectivity index (χ0v) is 15.3. The molecule has 1 aromatic carbocycles. The number of benzene rings is 1. The van der Waals surface area contributed by atoms with Crippen LogP contribution in [-0.2, 0) is 10.0 Å². The Balaban J connectivity index is 1.76. The zero-order chi connectivity index (χ0) is 17.9. The van der Waals surface area contributed by atoms with Crippen molar-refractivity contribution in [2.75, 3.05) is 29.8 Å². The molecule has 25 heavy (non-hydrogen) atoms. The summed E-state index contributed by atoms with van der Waals surface area (Å²) >= 11 is 0. The van der Waals surface area contributed by atoms with E-state index in [1.54, 1.807) is 44.5 Å². The maximum atomic E-state index is 12.6. The minimum Gasteiger partial charge on any atom is -0.497 e. The summed E-state index contributed by atoms with van der Waals surface area (Å²) in [5, 5.41) is 0. The topological polar surface area (TPSA) is 71.5 Å². The number of sulfonamides is 1. The summed E-state index contributed by atoms with van der Waals surface area (Å²) in [5.74, 6) is 0.941. The van der Waals surface area contributed by atoms with E-state index in [0.29, 0.717) is 17.1 Å². The third-order valence-corrected chi connectivity index (χ3v) is 5.89. The van der Waals surface area contributed by atoms with Crippen molar-refractivity contribution in [3.63, 3.8) is 0 Å². The average Bonchev–Trinajstić information content (AvgIpc) is 2.62. The van der Waals surface area contributed by atoms with Crippen molar-refractivity contribution in [1.29, 1.82) is 0 Å². The van der Waals surface area contributed by atoms with Gasteiger partial charge in [0, 0.05) is 13.1 Å². The maximum absolute atomic E-state index is 12.6. The SMILES string of the molecule is COc1ccc(S(=O)(=O)Nc2ccc(N3CCCCC3)cn2)c(C)c1. The lowest BCUT2D eigenvalue weighted by Gasteiger charge is -2.28. The van der Waals surface area contributed by atoms with Crippen molar-refractivity contribution in [2.45, 2.75) is 31.1 Å². The average molecular weight is 361 g/mol. The molecule has 2 aromatic rings. The van der Waals surface area contributed by atoms with Crippen LogP contribution >= 0.6 is 0 Å². The molecule has 0 aliphatic carbocycles. The van der Waals surface area contributed by atoms with Crippen LogP contribution in [-0.4, -0.2) is 33.6 Å². The van der Waals surface area contributed by atoms with E-state index in [4.69, 9.17) is 4.74 Å². The van der Waals surface area contributed by atoms with Gasteiger partial charge in [-0.25, -0.2) is 13.4 Å². The van der Waals surface area contributed by atoms with Gasteiger partial charge in [-0.3, -0.25) is 4.72 Å². The van der Waals surface area contributed by atoms with Gasteiger partial charge in [0.1, 0.15) is 11.6 Å². The van der Waals surface area contributed by atoms with Gasteiger partial charge in [-0.15, -0.1) is 0 Å². The summed E-state index contributed by atoms with van der Waals surface area (Å²) < 4.78 is 32.9. The molecule has 134 valence electrons. The highest BCUT2D eigenvalue weighted by Gasteiger charge is 2.18. The number of ether oxygens (including phenoxy) is 1. The summed E-state index contributed by atoms with van der Waals surface area (Å²) in [6.07, 6.45) is 5.36. The van der Waals surface area contributed by atoms with Crippen molar-refractivity contribution in [3.05, 3.63) is 42.1 Å². The third kappa shape index (κ3) is 4.04. The molecule has 0 spiro atoms. The fourth-order valence-corrected chi connectivity index (χ4v) is 4.26. The number of aromatic nitrogens is 1. The molecule has 1 aromatic heterocycles. The second kappa shape index (κ2) is 7.31. The Labute approximate surface area is 148 Å². The highest BCUT2D eigenvalue weighted by Crippen LogP contribution is 2.24. The van der Waals surface area contributed by atoms with Crippen LogP contribution in [0, 0.1) is 6.92 Å². The second-order valence-corrected chi connectivity index (χ2v) is 7.84. The lowest BCUT2D eigenvalue weighted by Crippen LogP contribution is -2.29. The molecular formula is C18H23N3O3S. The molecule has 0 unspecified atom stereocenters. The van der Waals surface area contributed by atoms with Crippen LogP contribution in [0.3, 0.4) is 0 Å². The molecular weight excluding hydrogens is 338 g/mol. The van der Waals surface area contributed by atoms with Gasteiger partial charge in [0.2, 0.25) is 0 Å². The fraction of sp³-hybridized carbons (Fsp3) is 0.389. The van der Waals surface area contributed by atoms with Crippen LogP contribution in [0.2, 0.25) is 0 Å². The van der Waals surface area contributed by atoms with Crippen molar-refractivity contribution in [3.8, 4) is 5.75 Å². The van der Waals surface area contributed by atoms with E-state index in [1.807, 2.05) is 6.07 Å². The predicted molar refractivity (Wildman–Crippen MR) is 98.8 cm³/mol. The number of hydrogen-bond acceptors (Lipinski definition) is 5.